The zero-order chi connectivity index (χ0) is 15.6. The van der Waals surface area contributed by atoms with E-state index in [4.69, 9.17) is 11.6 Å². The highest BCUT2D eigenvalue weighted by atomic mass is 35.5. The highest BCUT2D eigenvalue weighted by molar-refractivity contribution is 6.35. The van der Waals surface area contributed by atoms with Gasteiger partial charge in [0.2, 0.25) is 0 Å². The smallest absolute Gasteiger partial charge is 0.358 e. The van der Waals surface area contributed by atoms with Gasteiger partial charge in [0.1, 0.15) is 0 Å². The van der Waals surface area contributed by atoms with E-state index in [1.807, 2.05) is 6.92 Å². The average Bonchev–Trinajstić information content (AvgIpc) is 3.04. The van der Waals surface area contributed by atoms with Crippen LogP contribution in [0.1, 0.15) is 23.1 Å². The minimum Gasteiger partial charge on any atom is -0.358 e. The molecule has 0 bridgehead atoms. The third-order valence-electron chi connectivity index (χ3n) is 2.92. The number of nitrogens with zero attached hydrogens (tertiary/aromatic N) is 5. The Morgan fingerprint density at radius 1 is 1.62 bits per heavy atom. The lowest BCUT2D eigenvalue weighted by molar-refractivity contribution is -0.389. The predicted molar refractivity (Wildman–Crippen MR) is 74.0 cm³/mol. The van der Waals surface area contributed by atoms with Crippen molar-refractivity contribution in [2.24, 2.45) is 0 Å². The van der Waals surface area contributed by atoms with Gasteiger partial charge in [0, 0.05) is 19.8 Å². The molecule has 9 nitrogen and oxygen atoms in total. The van der Waals surface area contributed by atoms with Gasteiger partial charge in [0.05, 0.1) is 12.2 Å². The zero-order valence-electron chi connectivity index (χ0n) is 11.4. The van der Waals surface area contributed by atoms with Crippen LogP contribution in [0.4, 0.5) is 5.82 Å². The van der Waals surface area contributed by atoms with Crippen molar-refractivity contribution in [2.45, 2.75) is 20.0 Å². The second-order valence-corrected chi connectivity index (χ2v) is 4.67. The second kappa shape index (κ2) is 5.92. The first kappa shape index (κ1) is 15.0. The topological polar surface area (TPSA) is 110 Å². The van der Waals surface area contributed by atoms with Crippen LogP contribution < -0.4 is 0 Å². The molecule has 0 fully saturated rings. The number of carbonyl (C=O) groups is 1. The maximum absolute atomic E-state index is 12.2. The van der Waals surface area contributed by atoms with E-state index < -0.39 is 16.6 Å². The van der Waals surface area contributed by atoms with Gasteiger partial charge >= 0.3 is 5.82 Å². The Balaban J connectivity index is 2.18. The molecule has 0 spiro atoms. The van der Waals surface area contributed by atoms with Gasteiger partial charge in [-0.3, -0.25) is 9.48 Å². The van der Waals surface area contributed by atoms with Crippen LogP contribution in [-0.2, 0) is 13.1 Å². The number of aromatic amines is 1. The Kier molecular flexibility index (Phi) is 4.22. The molecule has 10 heteroatoms. The molecule has 0 aliphatic carbocycles. The van der Waals surface area contributed by atoms with Gasteiger partial charge in [-0.15, -0.1) is 5.10 Å². The van der Waals surface area contributed by atoms with Gasteiger partial charge < -0.3 is 15.0 Å². The number of aromatic nitrogens is 4. The van der Waals surface area contributed by atoms with Crippen molar-refractivity contribution in [3.8, 4) is 0 Å². The monoisotopic (exact) mass is 312 g/mol. The molecule has 21 heavy (non-hydrogen) atoms. The van der Waals surface area contributed by atoms with Gasteiger partial charge in [-0.25, -0.2) is 0 Å². The maximum Gasteiger partial charge on any atom is 0.362 e. The van der Waals surface area contributed by atoms with Gasteiger partial charge in [-0.1, -0.05) is 16.7 Å². The molecule has 1 amide bonds. The number of hydrogen-bond donors (Lipinski definition) is 1. The maximum atomic E-state index is 12.2. The number of amides is 1. The highest BCUT2D eigenvalue weighted by Gasteiger charge is 2.27. The highest BCUT2D eigenvalue weighted by Crippen LogP contribution is 2.25. The van der Waals surface area contributed by atoms with Crippen LogP contribution in [-0.4, -0.2) is 42.8 Å². The Labute approximate surface area is 124 Å². The molecular formula is C11H13ClN6O3. The molecule has 1 N–H and O–H groups in total. The number of aryl methyl sites for hydroxylation is 1. The lowest BCUT2D eigenvalue weighted by atomic mass is 10.3. The van der Waals surface area contributed by atoms with E-state index >= 15 is 0 Å². The predicted octanol–water partition coefficient (Wildman–Crippen LogP) is 1.46. The second-order valence-electron chi connectivity index (χ2n) is 4.29. The summed E-state index contributed by atoms with van der Waals surface area (Å²) in [5, 5.41) is 20.3. The van der Waals surface area contributed by atoms with Crippen molar-refractivity contribution >= 4 is 23.3 Å². The van der Waals surface area contributed by atoms with Crippen LogP contribution in [0, 0.1) is 10.1 Å². The first-order valence-corrected chi connectivity index (χ1v) is 6.47. The van der Waals surface area contributed by atoms with Crippen LogP contribution >= 0.6 is 11.6 Å². The van der Waals surface area contributed by atoms with Crippen LogP contribution in [0.5, 0.6) is 0 Å². The fourth-order valence-corrected chi connectivity index (χ4v) is 2.09. The number of nitrogens with one attached hydrogen (secondary N) is 1. The van der Waals surface area contributed by atoms with E-state index in [0.717, 1.165) is 5.69 Å². The summed E-state index contributed by atoms with van der Waals surface area (Å²) in [7, 11) is 1.56. The quantitative estimate of drug-likeness (QED) is 0.664. The first-order chi connectivity index (χ1) is 9.95. The number of H-pyrrole nitrogens is 1. The molecule has 2 rings (SSSR count). The van der Waals surface area contributed by atoms with Gasteiger partial charge in [0.25, 0.3) is 5.91 Å². The molecule has 2 heterocycles. The van der Waals surface area contributed by atoms with E-state index in [2.05, 4.69) is 15.3 Å². The lowest BCUT2D eigenvalue weighted by Gasteiger charge is -2.16. The van der Waals surface area contributed by atoms with Crippen molar-refractivity contribution < 1.29 is 9.72 Å². The number of hydrogen-bond acceptors (Lipinski definition) is 5. The largest absolute Gasteiger partial charge is 0.362 e. The van der Waals surface area contributed by atoms with Crippen molar-refractivity contribution in [1.82, 2.24) is 24.9 Å². The Hall–Kier alpha value is -2.42. The Bertz CT molecular complexity index is 679. The van der Waals surface area contributed by atoms with Gasteiger partial charge in [0.15, 0.2) is 10.7 Å². The fraction of sp³-hybridized carbons (Fsp3) is 0.364. The molecule has 0 atom stereocenters. The molecule has 0 aliphatic rings. The molecular weight excluding hydrogens is 300 g/mol. The van der Waals surface area contributed by atoms with Crippen molar-refractivity contribution in [3.63, 3.8) is 0 Å². The Morgan fingerprint density at radius 2 is 2.33 bits per heavy atom. The van der Waals surface area contributed by atoms with Gasteiger partial charge in [-0.05, 0) is 17.9 Å². The summed E-state index contributed by atoms with van der Waals surface area (Å²) in [6.45, 7) is 2.91. The van der Waals surface area contributed by atoms with Crippen LogP contribution in [0.15, 0.2) is 12.3 Å². The molecule has 0 unspecified atom stereocenters. The summed E-state index contributed by atoms with van der Waals surface area (Å²) in [6, 6.07) is 1.79. The number of carbonyl (C=O) groups excluding carboxylic acids is 1. The lowest BCUT2D eigenvalue weighted by Crippen LogP contribution is -2.28. The summed E-state index contributed by atoms with van der Waals surface area (Å²) < 4.78 is 1.75. The van der Waals surface area contributed by atoms with Crippen LogP contribution in [0.3, 0.4) is 0 Å². The molecule has 0 radical (unpaired) electrons. The van der Waals surface area contributed by atoms with E-state index in [1.165, 1.54) is 4.90 Å². The zero-order valence-corrected chi connectivity index (χ0v) is 12.2. The van der Waals surface area contributed by atoms with Crippen molar-refractivity contribution in [3.05, 3.63) is 38.8 Å². The molecule has 0 aromatic carbocycles. The summed E-state index contributed by atoms with van der Waals surface area (Å²) in [5.74, 6) is -1.000. The SMILES string of the molecule is CCn1nccc1CN(C)C(=O)c1n[nH]c([N+](=O)[O-])c1Cl. The Morgan fingerprint density at radius 3 is 2.90 bits per heavy atom. The van der Waals surface area contributed by atoms with E-state index in [1.54, 1.807) is 24.0 Å². The summed E-state index contributed by atoms with van der Waals surface area (Å²) in [5.41, 5.74) is 0.669. The molecule has 0 saturated carbocycles. The molecule has 112 valence electrons. The average molecular weight is 313 g/mol. The molecule has 2 aromatic heterocycles. The number of rotatable bonds is 5. The van der Waals surface area contributed by atoms with Crippen molar-refractivity contribution in [2.75, 3.05) is 7.05 Å². The normalized spacial score (nSPS) is 10.6. The minimum absolute atomic E-state index is 0.173. The fourth-order valence-electron chi connectivity index (χ4n) is 1.86. The van der Waals surface area contributed by atoms with Crippen molar-refractivity contribution in [1.29, 1.82) is 0 Å². The van der Waals surface area contributed by atoms with E-state index in [-0.39, 0.29) is 10.7 Å². The number of nitro groups is 1. The van der Waals surface area contributed by atoms with E-state index in [0.29, 0.717) is 13.1 Å². The van der Waals surface area contributed by atoms with Crippen LogP contribution in [0.25, 0.3) is 0 Å². The standard InChI is InChI=1S/C11H13ClN6O3/c1-3-17-7(4-5-13-17)6-16(2)11(19)9-8(12)10(15-14-9)18(20)21/h4-5H,3,6H2,1-2H3,(H,14,15). The van der Waals surface area contributed by atoms with Crippen LogP contribution in [0.2, 0.25) is 5.02 Å². The van der Waals surface area contributed by atoms with E-state index in [9.17, 15) is 14.9 Å². The summed E-state index contributed by atoms with van der Waals surface area (Å²) in [6.07, 6.45) is 1.64. The molecule has 2 aromatic rings. The molecule has 0 saturated heterocycles. The first-order valence-electron chi connectivity index (χ1n) is 6.10. The third-order valence-corrected chi connectivity index (χ3v) is 3.28. The minimum atomic E-state index is -0.724. The van der Waals surface area contributed by atoms with Gasteiger partial charge in [-0.2, -0.15) is 5.10 Å². The summed E-state index contributed by atoms with van der Waals surface area (Å²) in [4.78, 5) is 23.6. The third kappa shape index (κ3) is 2.87. The molecule has 0 aliphatic heterocycles. The number of halogens is 1. The summed E-state index contributed by atoms with van der Waals surface area (Å²) >= 11 is 5.80.